The molecule has 2 heteroatoms. The molecule has 0 aliphatic heterocycles. The molecule has 1 aromatic rings. The second-order valence-electron chi connectivity index (χ2n) is 4.96. The number of carbonyl (C=O) groups excluding carboxylic acids is 1. The number of nitrogens with zero attached hydrogens (tertiary/aromatic N) is 1. The highest BCUT2D eigenvalue weighted by atomic mass is 16.1. The standard InChI is InChI=1S/C14H19NO/c1-11-4-6-13(7-5-11)14(16)9-12-3-2-8-15-10-12/h2-3,8,10-11,13H,4-7,9H2,1H3. The van der Waals surface area contributed by atoms with Crippen LogP contribution in [-0.4, -0.2) is 10.8 Å². The summed E-state index contributed by atoms with van der Waals surface area (Å²) < 4.78 is 0. The fourth-order valence-corrected chi connectivity index (χ4v) is 2.43. The van der Waals surface area contributed by atoms with Crippen LogP contribution >= 0.6 is 0 Å². The van der Waals surface area contributed by atoms with Crippen molar-refractivity contribution in [3.63, 3.8) is 0 Å². The molecule has 0 atom stereocenters. The SMILES string of the molecule is CC1CCC(C(=O)Cc2cccnc2)CC1. The van der Waals surface area contributed by atoms with Crippen LogP contribution in [0.5, 0.6) is 0 Å². The summed E-state index contributed by atoms with van der Waals surface area (Å²) in [7, 11) is 0. The molecular weight excluding hydrogens is 198 g/mol. The predicted octanol–water partition coefficient (Wildman–Crippen LogP) is 3.02. The van der Waals surface area contributed by atoms with E-state index in [0.29, 0.717) is 18.1 Å². The average molecular weight is 217 g/mol. The van der Waals surface area contributed by atoms with E-state index >= 15 is 0 Å². The van der Waals surface area contributed by atoms with E-state index in [1.54, 1.807) is 12.4 Å². The van der Waals surface area contributed by atoms with E-state index in [9.17, 15) is 4.79 Å². The van der Waals surface area contributed by atoms with Gasteiger partial charge < -0.3 is 0 Å². The third-order valence-corrected chi connectivity index (χ3v) is 3.57. The van der Waals surface area contributed by atoms with Gasteiger partial charge in [-0.2, -0.15) is 0 Å². The fraction of sp³-hybridized carbons (Fsp3) is 0.571. The molecule has 86 valence electrons. The van der Waals surface area contributed by atoms with Gasteiger partial charge in [0.25, 0.3) is 0 Å². The van der Waals surface area contributed by atoms with E-state index in [4.69, 9.17) is 0 Å². The number of pyridine rings is 1. The van der Waals surface area contributed by atoms with Gasteiger partial charge in [0.1, 0.15) is 5.78 Å². The van der Waals surface area contributed by atoms with Crippen molar-refractivity contribution in [1.82, 2.24) is 4.98 Å². The van der Waals surface area contributed by atoms with Crippen molar-refractivity contribution in [2.45, 2.75) is 39.0 Å². The number of ketones is 1. The Morgan fingerprint density at radius 3 is 2.75 bits per heavy atom. The molecule has 1 aliphatic rings. The Balaban J connectivity index is 1.89. The molecule has 0 spiro atoms. The summed E-state index contributed by atoms with van der Waals surface area (Å²) in [5.41, 5.74) is 1.05. The zero-order valence-corrected chi connectivity index (χ0v) is 9.86. The smallest absolute Gasteiger partial charge is 0.140 e. The van der Waals surface area contributed by atoms with Crippen LogP contribution in [0.15, 0.2) is 24.5 Å². The zero-order valence-electron chi connectivity index (χ0n) is 9.86. The highest BCUT2D eigenvalue weighted by Crippen LogP contribution is 2.29. The van der Waals surface area contributed by atoms with Gasteiger partial charge in [-0.3, -0.25) is 9.78 Å². The van der Waals surface area contributed by atoms with Crippen LogP contribution < -0.4 is 0 Å². The Morgan fingerprint density at radius 1 is 1.38 bits per heavy atom. The van der Waals surface area contributed by atoms with Crippen molar-refractivity contribution in [2.75, 3.05) is 0 Å². The van der Waals surface area contributed by atoms with Crippen LogP contribution in [0.3, 0.4) is 0 Å². The summed E-state index contributed by atoms with van der Waals surface area (Å²) >= 11 is 0. The monoisotopic (exact) mass is 217 g/mol. The molecule has 0 bridgehead atoms. The van der Waals surface area contributed by atoms with E-state index in [0.717, 1.165) is 24.3 Å². The maximum absolute atomic E-state index is 12.0. The van der Waals surface area contributed by atoms with Crippen LogP contribution in [0.25, 0.3) is 0 Å². The Labute approximate surface area is 97.1 Å². The number of hydrogen-bond acceptors (Lipinski definition) is 2. The van der Waals surface area contributed by atoms with Crippen LogP contribution in [-0.2, 0) is 11.2 Å². The van der Waals surface area contributed by atoms with Gasteiger partial charge in [-0.05, 0) is 30.4 Å². The van der Waals surface area contributed by atoms with Crippen LogP contribution in [0.2, 0.25) is 0 Å². The summed E-state index contributed by atoms with van der Waals surface area (Å²) in [5, 5.41) is 0. The van der Waals surface area contributed by atoms with Gasteiger partial charge in [0.05, 0.1) is 0 Å². The normalized spacial score (nSPS) is 25.3. The van der Waals surface area contributed by atoms with Crippen molar-refractivity contribution in [3.8, 4) is 0 Å². The lowest BCUT2D eigenvalue weighted by Gasteiger charge is -2.24. The quantitative estimate of drug-likeness (QED) is 0.779. The van der Waals surface area contributed by atoms with E-state index < -0.39 is 0 Å². The molecule has 2 nitrogen and oxygen atoms in total. The molecule has 2 rings (SSSR count). The molecule has 0 unspecified atom stereocenters. The largest absolute Gasteiger partial charge is 0.299 e. The second kappa shape index (κ2) is 5.24. The summed E-state index contributed by atoms with van der Waals surface area (Å²) in [4.78, 5) is 16.1. The maximum atomic E-state index is 12.0. The third kappa shape index (κ3) is 2.91. The second-order valence-corrected chi connectivity index (χ2v) is 4.96. The molecular formula is C14H19NO. The first-order valence-corrected chi connectivity index (χ1v) is 6.17. The van der Waals surface area contributed by atoms with E-state index in [2.05, 4.69) is 11.9 Å². The van der Waals surface area contributed by atoms with Gasteiger partial charge in [-0.1, -0.05) is 25.8 Å². The number of rotatable bonds is 3. The molecule has 16 heavy (non-hydrogen) atoms. The number of aromatic nitrogens is 1. The van der Waals surface area contributed by atoms with Gasteiger partial charge in [0.2, 0.25) is 0 Å². The van der Waals surface area contributed by atoms with Gasteiger partial charge in [-0.25, -0.2) is 0 Å². The Kier molecular flexibility index (Phi) is 3.70. The highest BCUT2D eigenvalue weighted by molar-refractivity contribution is 5.83. The van der Waals surface area contributed by atoms with Crippen LogP contribution in [0.1, 0.15) is 38.2 Å². The lowest BCUT2D eigenvalue weighted by molar-refractivity contribution is -0.123. The van der Waals surface area contributed by atoms with Crippen LogP contribution in [0.4, 0.5) is 0 Å². The topological polar surface area (TPSA) is 30.0 Å². The minimum absolute atomic E-state index is 0.302. The Morgan fingerprint density at radius 2 is 2.12 bits per heavy atom. The first-order valence-electron chi connectivity index (χ1n) is 6.17. The van der Waals surface area contributed by atoms with E-state index in [-0.39, 0.29) is 0 Å². The number of Topliss-reactive ketones (excluding diaryl/α,β-unsaturated/α-hetero) is 1. The summed E-state index contributed by atoms with van der Waals surface area (Å²) in [6.45, 7) is 2.28. The fourth-order valence-electron chi connectivity index (χ4n) is 2.43. The van der Waals surface area contributed by atoms with Gasteiger partial charge >= 0.3 is 0 Å². The first kappa shape index (κ1) is 11.3. The summed E-state index contributed by atoms with van der Waals surface area (Å²) in [5.74, 6) is 1.51. The van der Waals surface area contributed by atoms with Crippen molar-refractivity contribution in [1.29, 1.82) is 0 Å². The van der Waals surface area contributed by atoms with Crippen molar-refractivity contribution in [2.24, 2.45) is 11.8 Å². The predicted molar refractivity (Wildman–Crippen MR) is 64.1 cm³/mol. The Hall–Kier alpha value is -1.18. The lowest BCUT2D eigenvalue weighted by atomic mass is 9.80. The van der Waals surface area contributed by atoms with Gasteiger partial charge in [-0.15, -0.1) is 0 Å². The van der Waals surface area contributed by atoms with E-state index in [1.165, 1.54) is 12.8 Å². The molecule has 1 aromatic heterocycles. The Bertz CT molecular complexity index is 339. The minimum Gasteiger partial charge on any atom is -0.299 e. The molecule has 1 fully saturated rings. The first-order chi connectivity index (χ1) is 7.75. The highest BCUT2D eigenvalue weighted by Gasteiger charge is 2.23. The molecule has 0 aromatic carbocycles. The molecule has 0 saturated heterocycles. The molecule has 1 heterocycles. The lowest BCUT2D eigenvalue weighted by Crippen LogP contribution is -2.22. The van der Waals surface area contributed by atoms with Gasteiger partial charge in [0.15, 0.2) is 0 Å². The van der Waals surface area contributed by atoms with Crippen LogP contribution in [0, 0.1) is 11.8 Å². The number of carbonyl (C=O) groups is 1. The van der Waals surface area contributed by atoms with E-state index in [1.807, 2.05) is 12.1 Å². The third-order valence-electron chi connectivity index (χ3n) is 3.57. The van der Waals surface area contributed by atoms with Gasteiger partial charge in [0, 0.05) is 24.7 Å². The average Bonchev–Trinajstić information content (AvgIpc) is 2.31. The van der Waals surface area contributed by atoms with Crippen molar-refractivity contribution >= 4 is 5.78 Å². The molecule has 0 radical (unpaired) electrons. The maximum Gasteiger partial charge on any atom is 0.140 e. The zero-order chi connectivity index (χ0) is 11.4. The molecule has 1 saturated carbocycles. The summed E-state index contributed by atoms with van der Waals surface area (Å²) in [6.07, 6.45) is 8.69. The summed E-state index contributed by atoms with van der Waals surface area (Å²) in [6, 6.07) is 3.88. The van der Waals surface area contributed by atoms with Crippen molar-refractivity contribution < 1.29 is 4.79 Å². The minimum atomic E-state index is 0.302. The molecule has 0 N–H and O–H groups in total. The van der Waals surface area contributed by atoms with Crippen molar-refractivity contribution in [3.05, 3.63) is 30.1 Å². The molecule has 0 amide bonds. The molecule has 1 aliphatic carbocycles. The number of hydrogen-bond donors (Lipinski definition) is 0.